The Bertz CT molecular complexity index is 328. The Morgan fingerprint density at radius 2 is 1.31 bits per heavy atom. The molecule has 0 rings (SSSR count). The van der Waals surface area contributed by atoms with Gasteiger partial charge in [0.2, 0.25) is 0 Å². The van der Waals surface area contributed by atoms with Crippen molar-refractivity contribution in [3.05, 3.63) is 12.2 Å². The van der Waals surface area contributed by atoms with E-state index in [-0.39, 0.29) is 11.8 Å². The van der Waals surface area contributed by atoms with Crippen LogP contribution in [-0.2, 0) is 4.79 Å². The lowest BCUT2D eigenvalue weighted by molar-refractivity contribution is -0.119. The second kappa shape index (κ2) is 20.6. The maximum absolute atomic E-state index is 11.6. The van der Waals surface area contributed by atoms with Crippen LogP contribution in [0.25, 0.3) is 0 Å². The van der Waals surface area contributed by atoms with E-state index < -0.39 is 0 Å². The van der Waals surface area contributed by atoms with Crippen LogP contribution >= 0.6 is 0 Å². The van der Waals surface area contributed by atoms with Gasteiger partial charge in [-0.25, -0.2) is 0 Å². The number of hydrogen-bond donors (Lipinski definition) is 2. The molecule has 0 spiro atoms. The van der Waals surface area contributed by atoms with Crippen molar-refractivity contribution in [2.75, 3.05) is 20.1 Å². The Labute approximate surface area is 163 Å². The minimum atomic E-state index is -0.0226. The second-order valence-corrected chi connectivity index (χ2v) is 7.61. The van der Waals surface area contributed by atoms with Gasteiger partial charge in [-0.05, 0) is 52.6 Å². The van der Waals surface area contributed by atoms with Crippen LogP contribution in [0.5, 0.6) is 0 Å². The summed E-state index contributed by atoms with van der Waals surface area (Å²) in [6.07, 6.45) is 23.5. The van der Waals surface area contributed by atoms with E-state index in [1.54, 1.807) is 0 Å². The highest BCUT2D eigenvalue weighted by Crippen LogP contribution is 2.09. The zero-order valence-corrected chi connectivity index (χ0v) is 18.0. The van der Waals surface area contributed by atoms with E-state index in [0.29, 0.717) is 6.54 Å². The third-order valence-electron chi connectivity index (χ3n) is 4.97. The molecule has 0 saturated heterocycles. The molecule has 0 radical (unpaired) electrons. The van der Waals surface area contributed by atoms with Crippen LogP contribution in [-0.4, -0.2) is 32.0 Å². The molecule has 3 nitrogen and oxygen atoms in total. The lowest BCUT2D eigenvalue weighted by Gasteiger charge is -2.12. The number of carbonyl (C=O) groups excluding carboxylic acids is 1. The second-order valence-electron chi connectivity index (χ2n) is 7.61. The van der Waals surface area contributed by atoms with Crippen LogP contribution in [0.4, 0.5) is 0 Å². The number of nitrogens with one attached hydrogen (secondary N) is 2. The summed E-state index contributed by atoms with van der Waals surface area (Å²) in [7, 11) is 1.82. The highest BCUT2D eigenvalue weighted by Gasteiger charge is 2.09. The molecule has 0 aliphatic rings. The Kier molecular flexibility index (Phi) is 20.1. The van der Waals surface area contributed by atoms with Crippen molar-refractivity contribution in [1.82, 2.24) is 10.6 Å². The summed E-state index contributed by atoms with van der Waals surface area (Å²) in [6, 6.07) is -0.0226. The van der Waals surface area contributed by atoms with Crippen LogP contribution < -0.4 is 10.6 Å². The van der Waals surface area contributed by atoms with Gasteiger partial charge in [0.15, 0.2) is 5.78 Å². The van der Waals surface area contributed by atoms with Crippen molar-refractivity contribution in [2.24, 2.45) is 0 Å². The summed E-state index contributed by atoms with van der Waals surface area (Å²) < 4.78 is 0. The molecule has 1 atom stereocenters. The number of Topliss-reactive ketones (excluding diaryl/α,β-unsaturated/α-hetero) is 1. The fourth-order valence-electron chi connectivity index (χ4n) is 3.13. The molecule has 0 aromatic carbocycles. The van der Waals surface area contributed by atoms with Gasteiger partial charge in [-0.15, -0.1) is 0 Å². The molecule has 0 aromatic rings. The minimum absolute atomic E-state index is 0.0226. The van der Waals surface area contributed by atoms with E-state index in [2.05, 4.69) is 29.7 Å². The summed E-state index contributed by atoms with van der Waals surface area (Å²) in [5, 5.41) is 6.23. The SMILES string of the molecule is CCCCCCCC/C=C\CCCCCCCCNC(C)C(=O)CNC. The molecule has 1 unspecified atom stereocenters. The lowest BCUT2D eigenvalue weighted by Crippen LogP contribution is -2.39. The molecule has 0 amide bonds. The van der Waals surface area contributed by atoms with Crippen molar-refractivity contribution in [3.8, 4) is 0 Å². The van der Waals surface area contributed by atoms with Crippen LogP contribution in [0, 0.1) is 0 Å². The smallest absolute Gasteiger partial charge is 0.163 e. The largest absolute Gasteiger partial charge is 0.313 e. The average Bonchev–Trinajstić information content (AvgIpc) is 2.64. The van der Waals surface area contributed by atoms with Gasteiger partial charge in [0.25, 0.3) is 0 Å². The molecule has 26 heavy (non-hydrogen) atoms. The van der Waals surface area contributed by atoms with Crippen LogP contribution in [0.3, 0.4) is 0 Å². The normalized spacial score (nSPS) is 12.7. The minimum Gasteiger partial charge on any atom is -0.313 e. The predicted molar refractivity (Wildman–Crippen MR) is 116 cm³/mol. The summed E-state index contributed by atoms with van der Waals surface area (Å²) in [5.41, 5.74) is 0. The molecule has 0 aliphatic carbocycles. The number of allylic oxidation sites excluding steroid dienone is 2. The third-order valence-corrected chi connectivity index (χ3v) is 4.97. The van der Waals surface area contributed by atoms with Gasteiger partial charge in [0, 0.05) is 0 Å². The molecular weight excluding hydrogens is 320 g/mol. The van der Waals surface area contributed by atoms with Gasteiger partial charge in [0.1, 0.15) is 0 Å². The molecule has 0 aliphatic heterocycles. The maximum Gasteiger partial charge on any atom is 0.163 e. The number of unbranched alkanes of at least 4 members (excludes halogenated alkanes) is 12. The molecule has 0 bridgehead atoms. The Morgan fingerprint density at radius 1 is 0.808 bits per heavy atom. The van der Waals surface area contributed by atoms with Crippen molar-refractivity contribution >= 4 is 5.78 Å². The maximum atomic E-state index is 11.6. The van der Waals surface area contributed by atoms with Crippen LogP contribution in [0.15, 0.2) is 12.2 Å². The molecular formula is C23H46N2O. The lowest BCUT2D eigenvalue weighted by atomic mass is 10.1. The fraction of sp³-hybridized carbons (Fsp3) is 0.870. The predicted octanol–water partition coefficient (Wildman–Crippen LogP) is 5.79. The van der Waals surface area contributed by atoms with Crippen LogP contribution in [0.1, 0.15) is 104 Å². The summed E-state index contributed by atoms with van der Waals surface area (Å²) >= 11 is 0. The molecule has 0 fully saturated rings. The molecule has 0 aromatic heterocycles. The number of hydrogen-bond acceptors (Lipinski definition) is 3. The number of carbonyl (C=O) groups is 1. The third kappa shape index (κ3) is 18.1. The van der Waals surface area contributed by atoms with Gasteiger partial charge in [-0.3, -0.25) is 4.79 Å². The first-order valence-electron chi connectivity index (χ1n) is 11.3. The first-order valence-corrected chi connectivity index (χ1v) is 11.3. The molecule has 0 heterocycles. The highest BCUT2D eigenvalue weighted by atomic mass is 16.1. The van der Waals surface area contributed by atoms with Gasteiger partial charge in [-0.2, -0.15) is 0 Å². The Morgan fingerprint density at radius 3 is 1.85 bits per heavy atom. The summed E-state index contributed by atoms with van der Waals surface area (Å²) in [4.78, 5) is 11.6. The van der Waals surface area contributed by atoms with Gasteiger partial charge >= 0.3 is 0 Å². The fourth-order valence-corrected chi connectivity index (χ4v) is 3.13. The number of rotatable bonds is 20. The standard InChI is InChI=1S/C23H46N2O/c1-4-5-6-7-8-9-10-11-12-13-14-15-16-17-18-19-20-25-22(2)23(26)21-24-3/h11-12,22,24-25H,4-10,13-21H2,1-3H3/b12-11-. The van der Waals surface area contributed by atoms with Gasteiger partial charge < -0.3 is 10.6 Å². The summed E-state index contributed by atoms with van der Waals surface area (Å²) in [5.74, 6) is 0.247. The van der Waals surface area contributed by atoms with Gasteiger partial charge in [-0.1, -0.05) is 76.9 Å². The van der Waals surface area contributed by atoms with Crippen molar-refractivity contribution in [3.63, 3.8) is 0 Å². The van der Waals surface area contributed by atoms with Crippen molar-refractivity contribution in [1.29, 1.82) is 0 Å². The van der Waals surface area contributed by atoms with E-state index in [1.165, 1.54) is 89.9 Å². The molecule has 154 valence electrons. The quantitative estimate of drug-likeness (QED) is 0.212. The van der Waals surface area contributed by atoms with E-state index in [1.807, 2.05) is 14.0 Å². The average molecular weight is 367 g/mol. The summed E-state index contributed by atoms with van der Waals surface area (Å²) in [6.45, 7) is 5.65. The molecule has 2 N–H and O–H groups in total. The first-order chi connectivity index (χ1) is 12.7. The highest BCUT2D eigenvalue weighted by molar-refractivity contribution is 5.85. The Balaban J connectivity index is 3.21. The van der Waals surface area contributed by atoms with Gasteiger partial charge in [0.05, 0.1) is 12.6 Å². The van der Waals surface area contributed by atoms with Crippen molar-refractivity contribution < 1.29 is 4.79 Å². The monoisotopic (exact) mass is 366 g/mol. The molecule has 3 heteroatoms. The van der Waals surface area contributed by atoms with E-state index >= 15 is 0 Å². The topological polar surface area (TPSA) is 41.1 Å². The van der Waals surface area contributed by atoms with E-state index in [9.17, 15) is 4.79 Å². The van der Waals surface area contributed by atoms with E-state index in [0.717, 1.165) is 6.54 Å². The first kappa shape index (κ1) is 25.3. The Hall–Kier alpha value is -0.670. The molecule has 0 saturated carbocycles. The number of ketones is 1. The van der Waals surface area contributed by atoms with Crippen LogP contribution in [0.2, 0.25) is 0 Å². The number of likely N-dealkylation sites (N-methyl/N-ethyl adjacent to an activating group) is 1. The van der Waals surface area contributed by atoms with Crippen molar-refractivity contribution in [2.45, 2.75) is 110 Å². The van der Waals surface area contributed by atoms with E-state index in [4.69, 9.17) is 0 Å². The zero-order chi connectivity index (χ0) is 19.3. The zero-order valence-electron chi connectivity index (χ0n) is 18.0.